The largest absolute Gasteiger partial charge is 0.354 e. The van der Waals surface area contributed by atoms with Crippen molar-refractivity contribution >= 4 is 5.84 Å². The number of benzene rings is 1. The zero-order valence-corrected chi connectivity index (χ0v) is 12.1. The van der Waals surface area contributed by atoms with Crippen LogP contribution in [0.2, 0.25) is 0 Å². The van der Waals surface area contributed by atoms with Gasteiger partial charge in [-0.1, -0.05) is 12.1 Å². The number of nitrogens with zero attached hydrogens (tertiary/aromatic N) is 3. The van der Waals surface area contributed by atoms with Crippen molar-refractivity contribution in [3.63, 3.8) is 0 Å². The maximum Gasteiger partial charge on any atom is 0.130 e. The molecule has 0 spiro atoms. The Morgan fingerprint density at radius 2 is 1.81 bits per heavy atom. The SMILES string of the molecule is CC1C=CC(N2CCN(Cc3c(F)cccc3F)CC2)=N1. The molecule has 1 aromatic carbocycles. The average Bonchev–Trinajstić information content (AvgIpc) is 2.90. The minimum atomic E-state index is -0.464. The molecule has 2 aliphatic heterocycles. The van der Waals surface area contributed by atoms with Crippen LogP contribution in [0.3, 0.4) is 0 Å². The van der Waals surface area contributed by atoms with Crippen LogP contribution in [0, 0.1) is 11.6 Å². The molecule has 21 heavy (non-hydrogen) atoms. The zero-order chi connectivity index (χ0) is 14.8. The van der Waals surface area contributed by atoms with Crippen LogP contribution in [0.25, 0.3) is 0 Å². The maximum absolute atomic E-state index is 13.7. The minimum Gasteiger partial charge on any atom is -0.354 e. The van der Waals surface area contributed by atoms with Crippen molar-refractivity contribution in [2.45, 2.75) is 19.5 Å². The van der Waals surface area contributed by atoms with Gasteiger partial charge in [-0.25, -0.2) is 8.78 Å². The summed E-state index contributed by atoms with van der Waals surface area (Å²) in [6.07, 6.45) is 4.13. The van der Waals surface area contributed by atoms with Crippen molar-refractivity contribution in [3.8, 4) is 0 Å². The standard InChI is InChI=1S/C16H19F2N3/c1-12-5-6-16(19-12)21-9-7-20(8-10-21)11-13-14(17)3-2-4-15(13)18/h2-6,12H,7-11H2,1H3. The van der Waals surface area contributed by atoms with Crippen LogP contribution in [0.15, 0.2) is 35.3 Å². The summed E-state index contributed by atoms with van der Waals surface area (Å²) in [5.41, 5.74) is 0.165. The van der Waals surface area contributed by atoms with Gasteiger partial charge in [0.05, 0.1) is 6.04 Å². The van der Waals surface area contributed by atoms with Crippen LogP contribution in [0.1, 0.15) is 12.5 Å². The summed E-state index contributed by atoms with van der Waals surface area (Å²) in [7, 11) is 0. The smallest absolute Gasteiger partial charge is 0.130 e. The summed E-state index contributed by atoms with van der Waals surface area (Å²) in [6.45, 7) is 5.63. The number of amidine groups is 1. The fourth-order valence-corrected chi connectivity index (χ4v) is 2.75. The van der Waals surface area contributed by atoms with E-state index >= 15 is 0 Å². The Kier molecular flexibility index (Phi) is 4.01. The van der Waals surface area contributed by atoms with Crippen molar-refractivity contribution in [1.29, 1.82) is 0 Å². The summed E-state index contributed by atoms with van der Waals surface area (Å²) in [5, 5.41) is 0. The van der Waals surface area contributed by atoms with Crippen molar-refractivity contribution in [2.75, 3.05) is 26.2 Å². The predicted octanol–water partition coefficient (Wildman–Crippen LogP) is 2.44. The first-order chi connectivity index (χ1) is 10.1. The van der Waals surface area contributed by atoms with Crippen LogP contribution in [0.5, 0.6) is 0 Å². The molecule has 0 amide bonds. The Morgan fingerprint density at radius 3 is 2.38 bits per heavy atom. The van der Waals surface area contributed by atoms with Gasteiger partial charge in [0, 0.05) is 38.3 Å². The second kappa shape index (κ2) is 5.93. The van der Waals surface area contributed by atoms with Crippen LogP contribution in [0.4, 0.5) is 8.78 Å². The first-order valence-electron chi connectivity index (χ1n) is 7.29. The number of aliphatic imine (C=N–C) groups is 1. The molecular weight excluding hydrogens is 272 g/mol. The molecule has 0 aromatic heterocycles. The molecule has 2 aliphatic rings. The van der Waals surface area contributed by atoms with E-state index < -0.39 is 11.6 Å². The number of rotatable bonds is 2. The molecule has 0 saturated carbocycles. The molecule has 1 atom stereocenters. The van der Waals surface area contributed by atoms with Gasteiger partial charge in [-0.3, -0.25) is 9.89 Å². The summed E-state index contributed by atoms with van der Waals surface area (Å²) < 4.78 is 27.3. The Morgan fingerprint density at radius 1 is 1.14 bits per heavy atom. The summed E-state index contributed by atoms with van der Waals surface area (Å²) in [6, 6.07) is 4.28. The topological polar surface area (TPSA) is 18.8 Å². The molecule has 2 heterocycles. The van der Waals surface area contributed by atoms with Gasteiger partial charge < -0.3 is 4.90 Å². The Hall–Kier alpha value is -1.75. The van der Waals surface area contributed by atoms with Gasteiger partial charge in [0.25, 0.3) is 0 Å². The van der Waals surface area contributed by atoms with Gasteiger partial charge in [-0.15, -0.1) is 0 Å². The lowest BCUT2D eigenvalue weighted by Crippen LogP contribution is -2.47. The van der Waals surface area contributed by atoms with Crippen LogP contribution < -0.4 is 0 Å². The highest BCUT2D eigenvalue weighted by Crippen LogP contribution is 2.17. The lowest BCUT2D eigenvalue weighted by Gasteiger charge is -2.35. The quantitative estimate of drug-likeness (QED) is 0.833. The van der Waals surface area contributed by atoms with Crippen molar-refractivity contribution in [3.05, 3.63) is 47.5 Å². The highest BCUT2D eigenvalue weighted by Gasteiger charge is 2.22. The van der Waals surface area contributed by atoms with Crippen molar-refractivity contribution in [2.24, 2.45) is 4.99 Å². The number of hydrogen-bond acceptors (Lipinski definition) is 3. The lowest BCUT2D eigenvalue weighted by atomic mass is 10.1. The molecule has 0 aliphatic carbocycles. The summed E-state index contributed by atoms with van der Waals surface area (Å²) in [5.74, 6) is 0.0999. The van der Waals surface area contributed by atoms with E-state index in [4.69, 9.17) is 0 Å². The van der Waals surface area contributed by atoms with Gasteiger partial charge in [-0.2, -0.15) is 0 Å². The van der Waals surface area contributed by atoms with Gasteiger partial charge in [0.15, 0.2) is 0 Å². The van der Waals surface area contributed by atoms with Crippen molar-refractivity contribution in [1.82, 2.24) is 9.80 Å². The second-order valence-electron chi connectivity index (χ2n) is 5.55. The normalized spacial score (nSPS) is 22.7. The van der Waals surface area contributed by atoms with E-state index in [1.54, 1.807) is 0 Å². The van der Waals surface area contributed by atoms with Gasteiger partial charge >= 0.3 is 0 Å². The van der Waals surface area contributed by atoms with E-state index in [-0.39, 0.29) is 11.6 Å². The van der Waals surface area contributed by atoms with E-state index in [0.29, 0.717) is 6.54 Å². The highest BCUT2D eigenvalue weighted by atomic mass is 19.1. The molecule has 3 nitrogen and oxygen atoms in total. The van der Waals surface area contributed by atoms with Crippen LogP contribution >= 0.6 is 0 Å². The molecule has 0 bridgehead atoms. The molecule has 1 saturated heterocycles. The Labute approximate surface area is 123 Å². The van der Waals surface area contributed by atoms with Gasteiger partial charge in [0.2, 0.25) is 0 Å². The Bertz CT molecular complexity index is 555. The third-order valence-corrected chi connectivity index (χ3v) is 4.00. The highest BCUT2D eigenvalue weighted by molar-refractivity contribution is 5.95. The Balaban J connectivity index is 1.59. The van der Waals surface area contributed by atoms with Crippen LogP contribution in [-0.4, -0.2) is 47.9 Å². The molecule has 3 rings (SSSR count). The van der Waals surface area contributed by atoms with E-state index in [9.17, 15) is 8.78 Å². The zero-order valence-electron chi connectivity index (χ0n) is 12.1. The third kappa shape index (κ3) is 3.13. The number of hydrogen-bond donors (Lipinski definition) is 0. The lowest BCUT2D eigenvalue weighted by molar-refractivity contribution is 0.172. The molecule has 1 fully saturated rings. The second-order valence-corrected chi connectivity index (χ2v) is 5.55. The average molecular weight is 291 g/mol. The van der Waals surface area contributed by atoms with E-state index in [0.717, 1.165) is 32.0 Å². The molecule has 112 valence electrons. The molecule has 0 radical (unpaired) electrons. The van der Waals surface area contributed by atoms with E-state index in [1.165, 1.54) is 18.2 Å². The molecule has 1 aromatic rings. The van der Waals surface area contributed by atoms with E-state index in [2.05, 4.69) is 33.9 Å². The predicted molar refractivity (Wildman–Crippen MR) is 79.2 cm³/mol. The minimum absolute atomic E-state index is 0.165. The van der Waals surface area contributed by atoms with Crippen molar-refractivity contribution < 1.29 is 8.78 Å². The molecule has 5 heteroatoms. The third-order valence-electron chi connectivity index (χ3n) is 4.00. The summed E-state index contributed by atoms with van der Waals surface area (Å²) in [4.78, 5) is 8.86. The van der Waals surface area contributed by atoms with E-state index in [1.807, 2.05) is 0 Å². The molecule has 1 unspecified atom stereocenters. The molecular formula is C16H19F2N3. The van der Waals surface area contributed by atoms with Crippen LogP contribution in [-0.2, 0) is 6.54 Å². The summed E-state index contributed by atoms with van der Waals surface area (Å²) >= 11 is 0. The van der Waals surface area contributed by atoms with Gasteiger partial charge in [0.1, 0.15) is 17.5 Å². The fourth-order valence-electron chi connectivity index (χ4n) is 2.75. The monoisotopic (exact) mass is 291 g/mol. The molecule has 0 N–H and O–H groups in total. The van der Waals surface area contributed by atoms with Gasteiger partial charge in [-0.05, 0) is 25.1 Å². The first-order valence-corrected chi connectivity index (χ1v) is 7.29. The number of piperazine rings is 1. The first kappa shape index (κ1) is 14.2. The maximum atomic E-state index is 13.7. The number of halogens is 2. The fraction of sp³-hybridized carbons (Fsp3) is 0.438.